The first-order chi connectivity index (χ1) is 14.4. The van der Waals surface area contributed by atoms with Crippen LogP contribution in [0.15, 0.2) is 89.3 Å². The van der Waals surface area contributed by atoms with Crippen LogP contribution in [0.3, 0.4) is 0 Å². The fourth-order valence-corrected chi connectivity index (χ4v) is 3.67. The van der Waals surface area contributed by atoms with Crippen LogP contribution in [0.25, 0.3) is 6.08 Å². The molecule has 0 bridgehead atoms. The Balaban J connectivity index is 1.72. The van der Waals surface area contributed by atoms with E-state index < -0.39 is 15.9 Å². The lowest BCUT2D eigenvalue weighted by Crippen LogP contribution is -2.15. The second-order valence-corrected chi connectivity index (χ2v) is 8.21. The summed E-state index contributed by atoms with van der Waals surface area (Å²) in [5.41, 5.74) is 2.54. The van der Waals surface area contributed by atoms with E-state index in [2.05, 4.69) is 10.0 Å². The smallest absolute Gasteiger partial charge is 0.266 e. The first-order valence-electron chi connectivity index (χ1n) is 9.05. The van der Waals surface area contributed by atoms with Crippen LogP contribution in [-0.2, 0) is 14.8 Å². The summed E-state index contributed by atoms with van der Waals surface area (Å²) in [6.45, 7) is 1.91. The van der Waals surface area contributed by atoms with Gasteiger partial charge in [0.05, 0.1) is 4.90 Å². The Kier molecular flexibility index (Phi) is 6.30. The Bertz CT molecular complexity index is 1210. The van der Waals surface area contributed by atoms with Crippen LogP contribution in [0, 0.1) is 18.3 Å². The first kappa shape index (κ1) is 20.8. The summed E-state index contributed by atoms with van der Waals surface area (Å²) < 4.78 is 27.6. The quantitative estimate of drug-likeness (QED) is 0.460. The maximum atomic E-state index is 12.5. The number of nitriles is 1. The van der Waals surface area contributed by atoms with Crippen molar-refractivity contribution in [1.82, 2.24) is 0 Å². The zero-order valence-corrected chi connectivity index (χ0v) is 17.0. The molecule has 150 valence electrons. The third-order valence-corrected chi connectivity index (χ3v) is 5.60. The summed E-state index contributed by atoms with van der Waals surface area (Å²) in [5, 5.41) is 11.9. The highest BCUT2D eigenvalue weighted by Gasteiger charge is 2.15. The Morgan fingerprint density at radius 1 is 0.900 bits per heavy atom. The number of sulfonamides is 1. The minimum Gasteiger partial charge on any atom is -0.321 e. The molecule has 0 saturated heterocycles. The lowest BCUT2D eigenvalue weighted by Gasteiger charge is -2.10. The molecule has 0 aliphatic rings. The van der Waals surface area contributed by atoms with Crippen LogP contribution in [0.2, 0.25) is 0 Å². The Morgan fingerprint density at radius 2 is 1.50 bits per heavy atom. The molecule has 0 fully saturated rings. The highest BCUT2D eigenvalue weighted by atomic mass is 32.2. The summed E-state index contributed by atoms with van der Waals surface area (Å²) in [6, 6.07) is 23.6. The van der Waals surface area contributed by atoms with Gasteiger partial charge in [0, 0.05) is 11.4 Å². The lowest BCUT2D eigenvalue weighted by molar-refractivity contribution is -0.112. The van der Waals surface area contributed by atoms with Gasteiger partial charge in [0.2, 0.25) is 0 Å². The molecule has 30 heavy (non-hydrogen) atoms. The van der Waals surface area contributed by atoms with Crippen LogP contribution in [0.1, 0.15) is 11.1 Å². The van der Waals surface area contributed by atoms with E-state index in [-0.39, 0.29) is 10.5 Å². The molecular formula is C23H19N3O3S. The zero-order chi connectivity index (χ0) is 21.6. The fraction of sp³-hybridized carbons (Fsp3) is 0.0435. The highest BCUT2D eigenvalue weighted by Crippen LogP contribution is 2.19. The minimum atomic E-state index is -3.76. The number of benzene rings is 3. The van der Waals surface area contributed by atoms with E-state index in [0.717, 1.165) is 11.1 Å². The number of hydrogen-bond acceptors (Lipinski definition) is 4. The number of nitrogens with zero attached hydrogens (tertiary/aromatic N) is 1. The molecule has 3 aromatic rings. The second-order valence-electron chi connectivity index (χ2n) is 6.53. The van der Waals surface area contributed by atoms with Gasteiger partial charge in [0.25, 0.3) is 15.9 Å². The molecule has 0 atom stereocenters. The van der Waals surface area contributed by atoms with Crippen molar-refractivity contribution in [1.29, 1.82) is 5.26 Å². The number of rotatable bonds is 6. The fourth-order valence-electron chi connectivity index (χ4n) is 2.62. The summed E-state index contributed by atoms with van der Waals surface area (Å²) in [4.78, 5) is 12.4. The molecule has 0 heterocycles. The minimum absolute atomic E-state index is 0.0565. The van der Waals surface area contributed by atoms with Gasteiger partial charge in [0.1, 0.15) is 11.6 Å². The topological polar surface area (TPSA) is 99.1 Å². The average Bonchev–Trinajstić information content (AvgIpc) is 2.74. The third-order valence-electron chi connectivity index (χ3n) is 4.20. The van der Waals surface area contributed by atoms with E-state index in [1.165, 1.54) is 30.3 Å². The van der Waals surface area contributed by atoms with E-state index in [0.29, 0.717) is 11.4 Å². The van der Waals surface area contributed by atoms with Gasteiger partial charge in [-0.1, -0.05) is 48.0 Å². The van der Waals surface area contributed by atoms with Gasteiger partial charge < -0.3 is 5.32 Å². The molecule has 6 nitrogen and oxygen atoms in total. The zero-order valence-electron chi connectivity index (χ0n) is 16.2. The molecular weight excluding hydrogens is 398 g/mol. The monoisotopic (exact) mass is 417 g/mol. The van der Waals surface area contributed by atoms with Gasteiger partial charge in [-0.3, -0.25) is 9.52 Å². The molecule has 0 spiro atoms. The molecule has 3 aromatic carbocycles. The van der Waals surface area contributed by atoms with Crippen LogP contribution in [0.4, 0.5) is 11.4 Å². The molecule has 2 N–H and O–H groups in total. The Hall–Kier alpha value is -3.89. The second kappa shape index (κ2) is 9.07. The van der Waals surface area contributed by atoms with Gasteiger partial charge in [-0.25, -0.2) is 8.42 Å². The van der Waals surface area contributed by atoms with Crippen LogP contribution >= 0.6 is 0 Å². The molecule has 0 aliphatic carbocycles. The maximum Gasteiger partial charge on any atom is 0.266 e. The predicted octanol–water partition coefficient (Wildman–Crippen LogP) is 4.34. The van der Waals surface area contributed by atoms with E-state index in [9.17, 15) is 18.5 Å². The number of hydrogen-bond donors (Lipinski definition) is 2. The molecule has 0 aromatic heterocycles. The molecule has 0 saturated carbocycles. The summed E-state index contributed by atoms with van der Waals surface area (Å²) in [6.07, 6.45) is 1.49. The number of anilines is 2. The summed E-state index contributed by atoms with van der Waals surface area (Å²) in [5.74, 6) is -0.574. The maximum absolute atomic E-state index is 12.5. The van der Waals surface area contributed by atoms with Crippen molar-refractivity contribution in [3.63, 3.8) is 0 Å². The van der Waals surface area contributed by atoms with E-state index in [1.807, 2.05) is 43.3 Å². The number of aryl methyl sites for hydroxylation is 1. The SMILES string of the molecule is Cc1ccc(NS(=O)(=O)c2ccc(NC(=O)/C(C#N)=C/c3ccccc3)cc2)cc1. The van der Waals surface area contributed by atoms with Crippen molar-refractivity contribution in [2.45, 2.75) is 11.8 Å². The highest BCUT2D eigenvalue weighted by molar-refractivity contribution is 7.92. The molecule has 1 amide bonds. The normalized spacial score (nSPS) is 11.4. The molecule has 7 heteroatoms. The third kappa shape index (κ3) is 5.34. The van der Waals surface area contributed by atoms with E-state index >= 15 is 0 Å². The first-order valence-corrected chi connectivity index (χ1v) is 10.5. The number of carbonyl (C=O) groups excluding carboxylic acids is 1. The van der Waals surface area contributed by atoms with Crippen molar-refractivity contribution in [2.24, 2.45) is 0 Å². The number of nitrogens with one attached hydrogen (secondary N) is 2. The van der Waals surface area contributed by atoms with Crippen molar-refractivity contribution in [2.75, 3.05) is 10.0 Å². The molecule has 0 unspecified atom stereocenters. The van der Waals surface area contributed by atoms with E-state index in [1.54, 1.807) is 24.3 Å². The summed E-state index contributed by atoms with van der Waals surface area (Å²) in [7, 11) is -3.76. The number of carbonyl (C=O) groups is 1. The Labute approximate surface area is 175 Å². The van der Waals surface area contributed by atoms with Gasteiger partial charge in [-0.2, -0.15) is 5.26 Å². The van der Waals surface area contributed by atoms with Gasteiger partial charge in [0.15, 0.2) is 0 Å². The molecule has 0 radical (unpaired) electrons. The van der Waals surface area contributed by atoms with E-state index in [4.69, 9.17) is 0 Å². The number of amides is 1. The van der Waals surface area contributed by atoms with Crippen LogP contribution in [0.5, 0.6) is 0 Å². The van der Waals surface area contributed by atoms with Gasteiger partial charge in [-0.15, -0.1) is 0 Å². The van der Waals surface area contributed by atoms with Crippen molar-refractivity contribution < 1.29 is 13.2 Å². The van der Waals surface area contributed by atoms with Crippen molar-refractivity contribution in [3.05, 3.63) is 95.6 Å². The van der Waals surface area contributed by atoms with Crippen molar-refractivity contribution in [3.8, 4) is 6.07 Å². The largest absolute Gasteiger partial charge is 0.321 e. The molecule has 3 rings (SSSR count). The Morgan fingerprint density at radius 3 is 2.10 bits per heavy atom. The van der Waals surface area contributed by atoms with Gasteiger partial charge in [-0.05, 0) is 55.0 Å². The average molecular weight is 417 g/mol. The predicted molar refractivity (Wildman–Crippen MR) is 117 cm³/mol. The standard InChI is InChI=1S/C23H19N3O3S/c1-17-7-9-21(10-8-17)26-30(28,29)22-13-11-20(12-14-22)25-23(27)19(16-24)15-18-5-3-2-4-6-18/h2-15,26H,1H3,(H,25,27)/b19-15+. The lowest BCUT2D eigenvalue weighted by atomic mass is 10.1. The van der Waals surface area contributed by atoms with Crippen LogP contribution < -0.4 is 10.0 Å². The molecule has 0 aliphatic heterocycles. The van der Waals surface area contributed by atoms with Gasteiger partial charge >= 0.3 is 0 Å². The van der Waals surface area contributed by atoms with Crippen molar-refractivity contribution >= 4 is 33.4 Å². The summed E-state index contributed by atoms with van der Waals surface area (Å²) >= 11 is 0. The van der Waals surface area contributed by atoms with Crippen LogP contribution in [-0.4, -0.2) is 14.3 Å².